The number of hydrogen-bond donors (Lipinski definition) is 2. The van der Waals surface area contributed by atoms with Crippen molar-refractivity contribution in [2.24, 2.45) is 11.8 Å². The minimum absolute atomic E-state index is 0.0113. The van der Waals surface area contributed by atoms with E-state index < -0.39 is 0 Å². The monoisotopic (exact) mass is 268 g/mol. The molecule has 3 atom stereocenters. The Hall–Kier alpha value is -0.770. The summed E-state index contributed by atoms with van der Waals surface area (Å²) in [6.45, 7) is 2.77. The summed E-state index contributed by atoms with van der Waals surface area (Å²) in [4.78, 5) is 13.9. The van der Waals surface area contributed by atoms with Gasteiger partial charge in [-0.05, 0) is 38.5 Å². The summed E-state index contributed by atoms with van der Waals surface area (Å²) in [7, 11) is 1.84. The Morgan fingerprint density at radius 2 is 1.95 bits per heavy atom. The number of urea groups is 1. The Kier molecular flexibility index (Phi) is 5.08. The summed E-state index contributed by atoms with van der Waals surface area (Å²) in [5.74, 6) is 0.918. The van der Waals surface area contributed by atoms with Crippen LogP contribution in [-0.2, 0) is 0 Å². The Morgan fingerprint density at radius 3 is 2.53 bits per heavy atom. The first-order chi connectivity index (χ1) is 9.08. The molecule has 0 bridgehead atoms. The van der Waals surface area contributed by atoms with Crippen LogP contribution < -0.4 is 5.32 Å². The number of rotatable bonds is 4. The maximum absolute atomic E-state index is 12.1. The van der Waals surface area contributed by atoms with Gasteiger partial charge in [0.1, 0.15) is 0 Å². The van der Waals surface area contributed by atoms with Crippen LogP contribution >= 0.6 is 0 Å². The third-order valence-electron chi connectivity index (χ3n) is 4.93. The van der Waals surface area contributed by atoms with Crippen molar-refractivity contribution in [1.29, 1.82) is 0 Å². The number of nitrogens with one attached hydrogen (secondary N) is 1. The van der Waals surface area contributed by atoms with Crippen molar-refractivity contribution >= 4 is 6.03 Å². The highest BCUT2D eigenvalue weighted by Crippen LogP contribution is 2.29. The molecular weight excluding hydrogens is 240 g/mol. The van der Waals surface area contributed by atoms with Gasteiger partial charge >= 0.3 is 6.03 Å². The molecule has 0 saturated heterocycles. The van der Waals surface area contributed by atoms with Crippen molar-refractivity contribution < 1.29 is 9.90 Å². The van der Waals surface area contributed by atoms with Gasteiger partial charge in [-0.2, -0.15) is 0 Å². The molecule has 0 radical (unpaired) electrons. The summed E-state index contributed by atoms with van der Waals surface area (Å²) in [5.41, 5.74) is 0. The van der Waals surface area contributed by atoms with Crippen LogP contribution in [0.5, 0.6) is 0 Å². The smallest absolute Gasteiger partial charge is 0.317 e. The van der Waals surface area contributed by atoms with Crippen LogP contribution in [0.3, 0.4) is 0 Å². The van der Waals surface area contributed by atoms with Gasteiger partial charge in [-0.15, -0.1) is 0 Å². The minimum atomic E-state index is -0.229. The molecule has 2 amide bonds. The van der Waals surface area contributed by atoms with E-state index in [9.17, 15) is 9.90 Å². The van der Waals surface area contributed by atoms with Crippen LogP contribution in [0.4, 0.5) is 4.79 Å². The van der Waals surface area contributed by atoms with E-state index in [0.29, 0.717) is 12.5 Å². The molecule has 2 N–H and O–H groups in total. The molecule has 2 aliphatic carbocycles. The van der Waals surface area contributed by atoms with Gasteiger partial charge in [0, 0.05) is 25.6 Å². The maximum atomic E-state index is 12.1. The third kappa shape index (κ3) is 3.85. The SMILES string of the molecule is C[C@H](NC(=O)N(C)C[C@@H]1CCCC[C@@H]1O)C1CCC1. The minimum Gasteiger partial charge on any atom is -0.393 e. The van der Waals surface area contributed by atoms with Crippen molar-refractivity contribution in [3.05, 3.63) is 0 Å². The number of amides is 2. The predicted molar refractivity (Wildman–Crippen MR) is 75.9 cm³/mol. The van der Waals surface area contributed by atoms with Crippen LogP contribution in [0.2, 0.25) is 0 Å². The highest BCUT2D eigenvalue weighted by molar-refractivity contribution is 5.74. The van der Waals surface area contributed by atoms with E-state index in [4.69, 9.17) is 0 Å². The van der Waals surface area contributed by atoms with Crippen molar-refractivity contribution in [3.63, 3.8) is 0 Å². The van der Waals surface area contributed by atoms with E-state index in [1.807, 2.05) is 7.05 Å². The lowest BCUT2D eigenvalue weighted by Crippen LogP contribution is -2.48. The van der Waals surface area contributed by atoms with Crippen molar-refractivity contribution in [3.8, 4) is 0 Å². The summed E-state index contributed by atoms with van der Waals surface area (Å²) in [6.07, 6.45) is 7.78. The molecule has 0 aromatic heterocycles. The van der Waals surface area contributed by atoms with E-state index in [0.717, 1.165) is 19.3 Å². The molecule has 0 aromatic rings. The van der Waals surface area contributed by atoms with Gasteiger partial charge in [0.2, 0.25) is 0 Å². The Balaban J connectivity index is 1.74. The van der Waals surface area contributed by atoms with E-state index in [1.165, 1.54) is 25.7 Å². The Morgan fingerprint density at radius 1 is 1.26 bits per heavy atom. The van der Waals surface area contributed by atoms with Gasteiger partial charge < -0.3 is 15.3 Å². The van der Waals surface area contributed by atoms with E-state index in [2.05, 4.69) is 12.2 Å². The summed E-state index contributed by atoms with van der Waals surface area (Å²) in [6, 6.07) is 0.289. The zero-order chi connectivity index (χ0) is 13.8. The lowest BCUT2D eigenvalue weighted by molar-refractivity contribution is 0.0559. The average molecular weight is 268 g/mol. The normalized spacial score (nSPS) is 29.4. The number of aliphatic hydroxyl groups excluding tert-OH is 1. The van der Waals surface area contributed by atoms with Crippen LogP contribution in [0.25, 0.3) is 0 Å². The quantitative estimate of drug-likeness (QED) is 0.822. The molecule has 2 saturated carbocycles. The number of carbonyl (C=O) groups excluding carboxylic acids is 1. The average Bonchev–Trinajstić information content (AvgIpc) is 2.29. The van der Waals surface area contributed by atoms with Gasteiger partial charge in [-0.1, -0.05) is 19.3 Å². The molecule has 2 fully saturated rings. The third-order valence-corrected chi connectivity index (χ3v) is 4.93. The van der Waals surface area contributed by atoms with E-state index in [-0.39, 0.29) is 24.1 Å². The Bertz CT molecular complexity index is 305. The highest BCUT2D eigenvalue weighted by Gasteiger charge is 2.28. The number of nitrogens with zero attached hydrogens (tertiary/aromatic N) is 1. The molecule has 4 heteroatoms. The van der Waals surface area contributed by atoms with E-state index in [1.54, 1.807) is 4.90 Å². The van der Waals surface area contributed by atoms with E-state index >= 15 is 0 Å². The maximum Gasteiger partial charge on any atom is 0.317 e. The van der Waals surface area contributed by atoms with Crippen LogP contribution in [-0.4, -0.2) is 41.8 Å². The summed E-state index contributed by atoms with van der Waals surface area (Å²) >= 11 is 0. The molecule has 0 heterocycles. The van der Waals surface area contributed by atoms with Crippen LogP contribution in [0.15, 0.2) is 0 Å². The second-order valence-electron chi connectivity index (χ2n) is 6.42. The number of aliphatic hydroxyl groups is 1. The van der Waals surface area contributed by atoms with Crippen molar-refractivity contribution in [1.82, 2.24) is 10.2 Å². The standard InChI is InChI=1S/C15H28N2O2/c1-11(12-7-5-8-12)16-15(19)17(2)10-13-6-3-4-9-14(13)18/h11-14,18H,3-10H2,1-2H3,(H,16,19)/t11-,13-,14-/m0/s1. The lowest BCUT2D eigenvalue weighted by atomic mass is 9.80. The van der Waals surface area contributed by atoms with Gasteiger partial charge in [0.25, 0.3) is 0 Å². The van der Waals surface area contributed by atoms with Crippen LogP contribution in [0, 0.1) is 11.8 Å². The molecule has 0 aromatic carbocycles. The number of hydrogen-bond acceptors (Lipinski definition) is 2. The molecule has 2 rings (SSSR count). The fourth-order valence-electron chi connectivity index (χ4n) is 3.20. The fourth-order valence-corrected chi connectivity index (χ4v) is 3.20. The van der Waals surface area contributed by atoms with Crippen LogP contribution in [0.1, 0.15) is 51.9 Å². The van der Waals surface area contributed by atoms with Crippen molar-refractivity contribution in [2.75, 3.05) is 13.6 Å². The molecule has 0 unspecified atom stereocenters. The lowest BCUT2D eigenvalue weighted by Gasteiger charge is -2.35. The fraction of sp³-hybridized carbons (Fsp3) is 0.933. The van der Waals surface area contributed by atoms with Gasteiger partial charge in [0.05, 0.1) is 6.10 Å². The second kappa shape index (κ2) is 6.60. The molecular formula is C15H28N2O2. The highest BCUT2D eigenvalue weighted by atomic mass is 16.3. The summed E-state index contributed by atoms with van der Waals surface area (Å²) < 4.78 is 0. The largest absolute Gasteiger partial charge is 0.393 e. The van der Waals surface area contributed by atoms with Crippen molar-refractivity contribution in [2.45, 2.75) is 64.0 Å². The van der Waals surface area contributed by atoms with Gasteiger partial charge in [0.15, 0.2) is 0 Å². The summed E-state index contributed by atoms with van der Waals surface area (Å²) in [5, 5.41) is 13.0. The topological polar surface area (TPSA) is 52.6 Å². The number of carbonyl (C=O) groups is 1. The molecule has 110 valence electrons. The first kappa shape index (κ1) is 14.6. The molecule has 2 aliphatic rings. The van der Waals surface area contributed by atoms with Gasteiger partial charge in [-0.25, -0.2) is 4.79 Å². The molecule has 0 aliphatic heterocycles. The second-order valence-corrected chi connectivity index (χ2v) is 6.42. The molecule has 4 nitrogen and oxygen atoms in total. The first-order valence-electron chi connectivity index (χ1n) is 7.77. The van der Waals surface area contributed by atoms with Gasteiger partial charge in [-0.3, -0.25) is 0 Å². The molecule has 19 heavy (non-hydrogen) atoms. The predicted octanol–water partition coefficient (Wildman–Crippen LogP) is 2.37. The molecule has 0 spiro atoms. The Labute approximate surface area is 116 Å². The first-order valence-corrected chi connectivity index (χ1v) is 7.77. The zero-order valence-corrected chi connectivity index (χ0v) is 12.3. The zero-order valence-electron chi connectivity index (χ0n) is 12.3.